The van der Waals surface area contributed by atoms with Gasteiger partial charge in [-0.05, 0) is 13.3 Å². The maximum Gasteiger partial charge on any atom is 0.392 e. The zero-order valence-electron chi connectivity index (χ0n) is 13.4. The second kappa shape index (κ2) is 6.03. The lowest BCUT2D eigenvalue weighted by molar-refractivity contribution is -0.169. The predicted molar refractivity (Wildman–Crippen MR) is 74.8 cm³/mol. The van der Waals surface area contributed by atoms with Gasteiger partial charge in [-0.3, -0.25) is 9.59 Å². The number of hydrogen-bond acceptors (Lipinski definition) is 6. The molecule has 0 aromatic heterocycles. The van der Waals surface area contributed by atoms with Crippen LogP contribution in [0.3, 0.4) is 0 Å². The molecule has 6 nitrogen and oxygen atoms in total. The lowest BCUT2D eigenvalue weighted by Crippen LogP contribution is -2.43. The molecule has 0 amide bonds. The molecule has 2 saturated carbocycles. The Morgan fingerprint density at radius 3 is 2.60 bits per heavy atom. The molecule has 1 saturated heterocycles. The summed E-state index contributed by atoms with van der Waals surface area (Å²) in [7, 11) is 0. The lowest BCUT2D eigenvalue weighted by atomic mass is 9.78. The molecule has 0 spiro atoms. The predicted octanol–water partition coefficient (Wildman–Crippen LogP) is 1.78. The minimum absolute atomic E-state index is 0.160. The molecule has 0 aromatic carbocycles. The average molecular weight is 362 g/mol. The standard InChI is InChI=1S/C16H17F3O6/c1-6(2)13(20)24-11-7-5-8-10(15(22)25-12(8)11)9(7)14(21)23-4-3-16(17,18)19/h7-12H,1,3-5H2,2H3. The van der Waals surface area contributed by atoms with Crippen LogP contribution in [0, 0.1) is 23.7 Å². The highest BCUT2D eigenvalue weighted by Gasteiger charge is 2.70. The van der Waals surface area contributed by atoms with Gasteiger partial charge in [0.15, 0.2) is 0 Å². The summed E-state index contributed by atoms with van der Waals surface area (Å²) in [6.07, 6.45) is -6.70. The van der Waals surface area contributed by atoms with Crippen LogP contribution in [0.25, 0.3) is 0 Å². The van der Waals surface area contributed by atoms with E-state index >= 15 is 0 Å². The zero-order valence-corrected chi connectivity index (χ0v) is 13.4. The van der Waals surface area contributed by atoms with Crippen molar-refractivity contribution in [1.29, 1.82) is 0 Å². The van der Waals surface area contributed by atoms with E-state index in [1.165, 1.54) is 6.92 Å². The fourth-order valence-corrected chi connectivity index (χ4v) is 4.06. The molecule has 0 N–H and O–H groups in total. The summed E-state index contributed by atoms with van der Waals surface area (Å²) in [6, 6.07) is 0. The third kappa shape index (κ3) is 3.11. The number of hydrogen-bond donors (Lipinski definition) is 0. The van der Waals surface area contributed by atoms with Gasteiger partial charge in [0.05, 0.1) is 24.9 Å². The molecule has 1 heterocycles. The van der Waals surface area contributed by atoms with E-state index in [9.17, 15) is 27.6 Å². The van der Waals surface area contributed by atoms with Crippen LogP contribution >= 0.6 is 0 Å². The Labute approximate surface area is 141 Å². The van der Waals surface area contributed by atoms with E-state index in [4.69, 9.17) is 14.2 Å². The summed E-state index contributed by atoms with van der Waals surface area (Å²) >= 11 is 0. The summed E-state index contributed by atoms with van der Waals surface area (Å²) in [4.78, 5) is 36.1. The number of esters is 3. The van der Waals surface area contributed by atoms with Gasteiger partial charge in [-0.2, -0.15) is 13.2 Å². The average Bonchev–Trinajstić information content (AvgIpc) is 3.08. The van der Waals surface area contributed by atoms with Gasteiger partial charge in [-0.15, -0.1) is 0 Å². The molecule has 3 aliphatic rings. The van der Waals surface area contributed by atoms with Crippen molar-refractivity contribution in [2.75, 3.05) is 6.61 Å². The van der Waals surface area contributed by atoms with Gasteiger partial charge in [-0.25, -0.2) is 4.79 Å². The molecule has 2 aliphatic carbocycles. The topological polar surface area (TPSA) is 78.9 Å². The molecule has 3 fully saturated rings. The fourth-order valence-electron chi connectivity index (χ4n) is 4.06. The first-order valence-electron chi connectivity index (χ1n) is 7.90. The van der Waals surface area contributed by atoms with Crippen molar-refractivity contribution in [1.82, 2.24) is 0 Å². The maximum absolute atomic E-state index is 12.3. The van der Waals surface area contributed by atoms with Crippen molar-refractivity contribution in [3.8, 4) is 0 Å². The Balaban J connectivity index is 1.72. The highest BCUT2D eigenvalue weighted by atomic mass is 19.4. The first kappa shape index (κ1) is 17.8. The monoisotopic (exact) mass is 362 g/mol. The lowest BCUT2D eigenvalue weighted by Gasteiger charge is -2.30. The van der Waals surface area contributed by atoms with Crippen LogP contribution in [-0.4, -0.2) is 42.9 Å². The molecule has 25 heavy (non-hydrogen) atoms. The Morgan fingerprint density at radius 1 is 1.32 bits per heavy atom. The van der Waals surface area contributed by atoms with Gasteiger partial charge in [0.1, 0.15) is 12.2 Å². The molecule has 3 rings (SSSR count). The second-order valence-corrected chi connectivity index (χ2v) is 6.70. The van der Waals surface area contributed by atoms with Gasteiger partial charge in [-0.1, -0.05) is 6.58 Å². The summed E-state index contributed by atoms with van der Waals surface area (Å²) in [5.41, 5.74) is 0.160. The first-order chi connectivity index (χ1) is 11.6. The molecule has 0 radical (unpaired) electrons. The number of rotatable bonds is 5. The summed E-state index contributed by atoms with van der Waals surface area (Å²) in [6.45, 7) is 4.12. The van der Waals surface area contributed by atoms with Crippen molar-refractivity contribution in [2.24, 2.45) is 23.7 Å². The smallest absolute Gasteiger partial charge is 0.392 e. The van der Waals surface area contributed by atoms with Gasteiger partial charge in [0, 0.05) is 17.4 Å². The molecule has 138 valence electrons. The van der Waals surface area contributed by atoms with Crippen molar-refractivity contribution >= 4 is 17.9 Å². The van der Waals surface area contributed by atoms with Crippen LogP contribution < -0.4 is 0 Å². The molecule has 2 bridgehead atoms. The van der Waals surface area contributed by atoms with Crippen LogP contribution in [0.15, 0.2) is 12.2 Å². The number of alkyl halides is 3. The van der Waals surface area contributed by atoms with Gasteiger partial charge in [0.2, 0.25) is 0 Å². The van der Waals surface area contributed by atoms with E-state index in [1.807, 2.05) is 0 Å². The van der Waals surface area contributed by atoms with Crippen LogP contribution in [0.4, 0.5) is 13.2 Å². The first-order valence-corrected chi connectivity index (χ1v) is 7.90. The SMILES string of the molecule is C=C(C)C(=O)OC1C2CC3C1OC(=O)C3C2C(=O)OCCC(F)(F)F. The molecule has 6 unspecified atom stereocenters. The van der Waals surface area contributed by atoms with Crippen LogP contribution in [0.2, 0.25) is 0 Å². The number of ether oxygens (including phenoxy) is 3. The number of fused-ring (bicyclic) bond motifs is 1. The quantitative estimate of drug-likeness (QED) is 0.421. The Bertz CT molecular complexity index is 628. The van der Waals surface area contributed by atoms with Crippen LogP contribution in [0.1, 0.15) is 19.8 Å². The zero-order chi connectivity index (χ0) is 18.5. The van der Waals surface area contributed by atoms with Gasteiger partial charge in [0.25, 0.3) is 0 Å². The van der Waals surface area contributed by atoms with E-state index in [1.54, 1.807) is 0 Å². The fraction of sp³-hybridized carbons (Fsp3) is 0.688. The van der Waals surface area contributed by atoms with E-state index in [0.717, 1.165) is 0 Å². The van der Waals surface area contributed by atoms with Crippen molar-refractivity contribution in [3.05, 3.63) is 12.2 Å². The van der Waals surface area contributed by atoms with Crippen LogP contribution in [0.5, 0.6) is 0 Å². The Kier molecular flexibility index (Phi) is 4.28. The second-order valence-electron chi connectivity index (χ2n) is 6.70. The number of carbonyl (C=O) groups excluding carboxylic acids is 3. The van der Waals surface area contributed by atoms with Crippen molar-refractivity contribution in [2.45, 2.75) is 38.1 Å². The number of halogens is 3. The van der Waals surface area contributed by atoms with Crippen LogP contribution in [-0.2, 0) is 28.6 Å². The normalized spacial score (nSPS) is 35.4. The minimum atomic E-state index is -4.44. The highest BCUT2D eigenvalue weighted by molar-refractivity contribution is 5.88. The third-order valence-electron chi connectivity index (χ3n) is 5.04. The largest absolute Gasteiger partial charge is 0.465 e. The summed E-state index contributed by atoms with van der Waals surface area (Å²) in [5, 5.41) is 0. The van der Waals surface area contributed by atoms with Gasteiger partial charge >= 0.3 is 24.1 Å². The van der Waals surface area contributed by atoms with Crippen molar-refractivity contribution < 1.29 is 41.8 Å². The number of carbonyl (C=O) groups is 3. The third-order valence-corrected chi connectivity index (χ3v) is 5.04. The Hall–Kier alpha value is -2.06. The maximum atomic E-state index is 12.3. The molecule has 9 heteroatoms. The van der Waals surface area contributed by atoms with E-state index in [0.29, 0.717) is 6.42 Å². The molecular weight excluding hydrogens is 345 g/mol. The Morgan fingerprint density at radius 2 is 2.00 bits per heavy atom. The van der Waals surface area contributed by atoms with Crippen molar-refractivity contribution in [3.63, 3.8) is 0 Å². The molecule has 1 aliphatic heterocycles. The van der Waals surface area contributed by atoms with E-state index < -0.39 is 67.1 Å². The van der Waals surface area contributed by atoms with E-state index in [2.05, 4.69) is 6.58 Å². The molecule has 6 atom stereocenters. The molecule has 0 aromatic rings. The molecular formula is C16H17F3O6. The van der Waals surface area contributed by atoms with E-state index in [-0.39, 0.29) is 11.5 Å². The van der Waals surface area contributed by atoms with Gasteiger partial charge < -0.3 is 14.2 Å². The summed E-state index contributed by atoms with van der Waals surface area (Å²) in [5.74, 6) is -4.63. The summed E-state index contributed by atoms with van der Waals surface area (Å²) < 4.78 is 51.9. The minimum Gasteiger partial charge on any atom is -0.465 e. The highest BCUT2D eigenvalue weighted by Crippen LogP contribution is 2.59.